The Morgan fingerprint density at radius 2 is 0.925 bits per heavy atom. The molecule has 0 bridgehead atoms. The maximum absolute atomic E-state index is 12.5. The number of hydrogen-bond acceptors (Lipinski definition) is 16. The number of benzene rings is 4. The third-order valence-electron chi connectivity index (χ3n) is 6.38. The van der Waals surface area contributed by atoms with Gasteiger partial charge in [-0.25, -0.2) is 26.2 Å². The Kier molecular flexibility index (Phi) is 19.6. The summed E-state index contributed by atoms with van der Waals surface area (Å²) in [6.07, 6.45) is 0. The van der Waals surface area contributed by atoms with Gasteiger partial charge >= 0.3 is 103 Å². The van der Waals surface area contributed by atoms with Gasteiger partial charge in [-0.05, 0) is 81.5 Å². The van der Waals surface area contributed by atoms with Gasteiger partial charge in [-0.3, -0.25) is 9.59 Å². The van der Waals surface area contributed by atoms with E-state index >= 15 is 0 Å². The second-order valence-corrected chi connectivity index (χ2v) is 15.7. The van der Waals surface area contributed by atoms with Crippen molar-refractivity contribution in [3.8, 4) is 11.4 Å². The number of nitrogens with zero attached hydrogens (tertiary/aromatic N) is 8. The van der Waals surface area contributed by atoms with Crippen molar-refractivity contribution in [3.63, 3.8) is 0 Å². The minimum absolute atomic E-state index is 0. The molecular weight excluding hydrogens is 1040 g/mol. The summed E-state index contributed by atoms with van der Waals surface area (Å²) in [6.45, 7) is 0. The zero-order valence-corrected chi connectivity index (χ0v) is 40.3. The summed E-state index contributed by atoms with van der Waals surface area (Å²) in [5, 5.41) is 27.3. The van der Waals surface area contributed by atoms with Gasteiger partial charge in [0.05, 0.1) is 50.0 Å². The molecule has 6 aromatic rings. The number of carbonyl (C=O) groups is 2. The van der Waals surface area contributed by atoms with Gasteiger partial charge in [-0.1, -0.05) is 36.4 Å². The zero-order valence-electron chi connectivity index (χ0n) is 27.0. The number of anilines is 2. The Morgan fingerprint density at radius 3 is 1.25 bits per heavy atom. The van der Waals surface area contributed by atoms with Gasteiger partial charge in [0.1, 0.15) is 0 Å². The van der Waals surface area contributed by atoms with Crippen LogP contribution >= 0.6 is 0 Å². The van der Waals surface area contributed by atoms with Crippen molar-refractivity contribution in [1.29, 1.82) is 0 Å². The first kappa shape index (κ1) is 48.2. The van der Waals surface area contributed by atoms with Gasteiger partial charge < -0.3 is 59.2 Å². The quantitative estimate of drug-likeness (QED) is 0.0848. The van der Waals surface area contributed by atoms with Crippen molar-refractivity contribution in [3.05, 3.63) is 108 Å². The monoisotopic (exact) mass is 1060 g/mol. The standard InChI is InChI=1S/2C14H11N5O3S3.Au.2K/c2*20-13(11-6-1-2-7-12(11)25(21,22)24)15-9-4-3-5-10(8-9)19-14(23)16-17-18-19;;;/h2*1-8H,(H,15,20)(H,16,18,23)(H,21,22,24);;;/q;;;2*+1/p-4. The minimum atomic E-state index is -3.94. The molecule has 2 amide bonds. The Hall–Kier alpha value is -0.987. The number of aromatic nitrogens is 8. The van der Waals surface area contributed by atoms with Crippen LogP contribution in [-0.4, -0.2) is 69.1 Å². The van der Waals surface area contributed by atoms with E-state index in [0.717, 1.165) is 0 Å². The van der Waals surface area contributed by atoms with Crippen LogP contribution in [0.1, 0.15) is 20.7 Å². The van der Waals surface area contributed by atoms with E-state index in [1.54, 1.807) is 60.7 Å². The first-order valence-corrected chi connectivity index (χ1v) is 19.2. The van der Waals surface area contributed by atoms with E-state index in [4.69, 9.17) is 25.3 Å². The van der Waals surface area contributed by atoms with E-state index < -0.39 is 29.6 Å². The van der Waals surface area contributed by atoms with Crippen LogP contribution in [-0.2, 0) is 88.7 Å². The molecule has 2 aromatic heterocycles. The van der Waals surface area contributed by atoms with Gasteiger partial charge in [-0.15, -0.1) is 10.2 Å². The zero-order chi connectivity index (χ0) is 36.1. The summed E-state index contributed by atoms with van der Waals surface area (Å²) in [4.78, 5) is 24.5. The molecule has 0 atom stereocenters. The van der Waals surface area contributed by atoms with Gasteiger partial charge in [0.2, 0.25) is 0 Å². The average molecular weight is 1060 g/mol. The number of amides is 2. The van der Waals surface area contributed by atoms with Gasteiger partial charge in [0.15, 0.2) is 0 Å². The smallest absolute Gasteiger partial charge is 0.738 e. The van der Waals surface area contributed by atoms with Crippen molar-refractivity contribution >= 4 is 89.5 Å². The maximum Gasteiger partial charge on any atom is 1.00 e. The second kappa shape index (κ2) is 21.5. The Balaban J connectivity index is 0.000000347. The molecule has 0 aliphatic carbocycles. The maximum atomic E-state index is 12.5. The summed E-state index contributed by atoms with van der Waals surface area (Å²) in [7, 11) is -7.88. The van der Waals surface area contributed by atoms with Crippen molar-refractivity contribution in [2.45, 2.75) is 20.1 Å². The molecule has 0 unspecified atom stereocenters. The fourth-order valence-corrected chi connectivity index (χ4v) is 6.83. The largest absolute Gasteiger partial charge is 1.00 e. The number of hydrogen-bond donors (Lipinski definition) is 2. The van der Waals surface area contributed by atoms with Gasteiger partial charge in [0, 0.05) is 44.1 Å². The van der Waals surface area contributed by atoms with Crippen molar-refractivity contribution in [2.75, 3.05) is 10.6 Å². The predicted octanol–water partition coefficient (Wildman–Crippen LogP) is -3.88. The molecule has 0 fully saturated rings. The normalized spacial score (nSPS) is 10.6. The number of nitrogens with one attached hydrogen (secondary N) is 2. The van der Waals surface area contributed by atoms with Gasteiger partial charge in [-0.2, -0.15) is 0 Å². The SMILES string of the molecule is O=C(Nc1cccc(-n2nnnc2[S-])c1)c1ccccc1S(=O)(=O)[S-].O=C(Nc1cccc(-n2nnnc2[S-])c1)c1ccccc1S(=O)(=O)[S-].[Au].[K+].[K+]. The van der Waals surface area contributed by atoms with E-state index in [0.29, 0.717) is 22.7 Å². The van der Waals surface area contributed by atoms with Crippen LogP contribution in [0.4, 0.5) is 11.4 Å². The number of carbonyl (C=O) groups excluding carboxylic acids is 2. The topological polar surface area (TPSA) is 214 Å². The van der Waals surface area contributed by atoms with Crippen LogP contribution in [0, 0.1) is 0 Å². The Labute approximate surface area is 424 Å². The van der Waals surface area contributed by atoms with Crippen molar-refractivity contribution in [1.82, 2.24) is 40.4 Å². The van der Waals surface area contributed by atoms with Crippen LogP contribution in [0.5, 0.6) is 0 Å². The summed E-state index contributed by atoms with van der Waals surface area (Å²) in [6, 6.07) is 24.7. The van der Waals surface area contributed by atoms with Crippen LogP contribution in [0.3, 0.4) is 0 Å². The molecule has 25 heteroatoms. The molecule has 267 valence electrons. The molecule has 0 aliphatic heterocycles. The van der Waals surface area contributed by atoms with Crippen molar-refractivity contribution in [2.24, 2.45) is 0 Å². The molecule has 0 saturated carbocycles. The molecule has 0 spiro atoms. The van der Waals surface area contributed by atoms with E-state index in [-0.39, 0.29) is 156 Å². The van der Waals surface area contributed by atoms with E-state index in [1.165, 1.54) is 45.8 Å². The first-order chi connectivity index (χ1) is 23.7. The molecular formula is C28H18AuK2N10O6S6-2. The first-order valence-electron chi connectivity index (χ1n) is 13.6. The molecule has 0 aliphatic rings. The fraction of sp³-hybridized carbons (Fsp3) is 0. The molecule has 4 aromatic carbocycles. The summed E-state index contributed by atoms with van der Waals surface area (Å²) in [5.41, 5.74) is 1.88. The van der Waals surface area contributed by atoms with Crippen LogP contribution in [0.2, 0.25) is 0 Å². The molecule has 2 heterocycles. The third-order valence-corrected chi connectivity index (χ3v) is 9.76. The third kappa shape index (κ3) is 13.0. The van der Waals surface area contributed by atoms with E-state index in [9.17, 15) is 26.4 Å². The molecule has 6 rings (SSSR count). The molecule has 1 radical (unpaired) electrons. The summed E-state index contributed by atoms with van der Waals surface area (Å²) < 4.78 is 49.3. The summed E-state index contributed by atoms with van der Waals surface area (Å²) in [5.74, 6) is -1.20. The average Bonchev–Trinajstić information content (AvgIpc) is 3.72. The number of tetrazole rings is 2. The van der Waals surface area contributed by atoms with Gasteiger partial charge in [0.25, 0.3) is 11.8 Å². The molecule has 53 heavy (non-hydrogen) atoms. The van der Waals surface area contributed by atoms with E-state index in [1.807, 2.05) is 0 Å². The molecule has 0 saturated heterocycles. The van der Waals surface area contributed by atoms with Crippen molar-refractivity contribution < 1.29 is 152 Å². The second-order valence-electron chi connectivity index (χ2n) is 9.66. The van der Waals surface area contributed by atoms with E-state index in [2.05, 4.69) is 65.0 Å². The molecule has 2 N–H and O–H groups in total. The molecule has 16 nitrogen and oxygen atoms in total. The Bertz CT molecular complexity index is 2290. The number of rotatable bonds is 8. The predicted molar refractivity (Wildman–Crippen MR) is 187 cm³/mol. The minimum Gasteiger partial charge on any atom is -0.738 e. The summed E-state index contributed by atoms with van der Waals surface area (Å²) >= 11 is 18.9. The fourth-order valence-electron chi connectivity index (χ4n) is 4.25. The van der Waals surface area contributed by atoms with Crippen LogP contribution in [0.15, 0.2) is 117 Å². The van der Waals surface area contributed by atoms with Crippen LogP contribution < -0.4 is 113 Å². The Morgan fingerprint density at radius 1 is 0.566 bits per heavy atom. The van der Waals surface area contributed by atoms with Crippen LogP contribution in [0.25, 0.3) is 11.4 Å².